The molecule has 0 aliphatic carbocycles. The van der Waals surface area contributed by atoms with Gasteiger partial charge in [-0.2, -0.15) is 0 Å². The first-order valence-electron chi connectivity index (χ1n) is 12.8. The van der Waals surface area contributed by atoms with E-state index in [0.29, 0.717) is 0 Å². The van der Waals surface area contributed by atoms with Crippen LogP contribution in [0.1, 0.15) is 16.7 Å². The van der Waals surface area contributed by atoms with E-state index in [0.717, 1.165) is 59.9 Å². The summed E-state index contributed by atoms with van der Waals surface area (Å²) in [6, 6.07) is 36.6. The molecule has 186 valence electrons. The molecular weight excluding hydrogens is 592 g/mol. The van der Waals surface area contributed by atoms with Gasteiger partial charge in [-0.15, -0.1) is 0 Å². The van der Waals surface area contributed by atoms with Gasteiger partial charge in [0.25, 0.3) is 0 Å². The van der Waals surface area contributed by atoms with Crippen molar-refractivity contribution in [3.05, 3.63) is 126 Å². The van der Waals surface area contributed by atoms with Gasteiger partial charge in [-0.1, -0.05) is 0 Å². The topological polar surface area (TPSA) is 37.4 Å². The van der Waals surface area contributed by atoms with Crippen LogP contribution in [0.5, 0.6) is 0 Å². The van der Waals surface area contributed by atoms with Gasteiger partial charge in [0.05, 0.1) is 0 Å². The van der Waals surface area contributed by atoms with Crippen LogP contribution in [0.3, 0.4) is 0 Å². The Morgan fingerprint density at radius 3 is 1.29 bits per heavy atom. The molecular formula is C33H27As2NO2. The van der Waals surface area contributed by atoms with Crippen molar-refractivity contribution in [2.24, 2.45) is 0 Å². The van der Waals surface area contributed by atoms with Crippen molar-refractivity contribution in [3.63, 3.8) is 0 Å². The van der Waals surface area contributed by atoms with Crippen LogP contribution in [0.15, 0.2) is 109 Å². The van der Waals surface area contributed by atoms with E-state index in [9.17, 15) is 0 Å². The molecule has 5 aromatic carbocycles. The molecule has 38 heavy (non-hydrogen) atoms. The Hall–Kier alpha value is -3.38. The van der Waals surface area contributed by atoms with Crippen LogP contribution in [0.25, 0.3) is 0 Å². The molecule has 2 atom stereocenters. The van der Waals surface area contributed by atoms with Gasteiger partial charge in [0.15, 0.2) is 0 Å². The number of anilines is 3. The minimum absolute atomic E-state index is 0.839. The number of fused-ring (bicyclic) bond motifs is 4. The average Bonchev–Trinajstić information content (AvgIpc) is 2.94. The van der Waals surface area contributed by atoms with Crippen LogP contribution in [0, 0.1) is 20.8 Å². The fourth-order valence-electron chi connectivity index (χ4n) is 6.06. The Labute approximate surface area is 228 Å². The van der Waals surface area contributed by atoms with E-state index < -0.39 is 27.0 Å². The van der Waals surface area contributed by atoms with Crippen molar-refractivity contribution in [1.82, 2.24) is 0 Å². The fourth-order valence-corrected chi connectivity index (χ4v) is 19.9. The molecule has 0 N–H and O–H groups in total. The number of hydrogen-bond donors (Lipinski definition) is 0. The Balaban J connectivity index is 1.70. The van der Waals surface area contributed by atoms with E-state index in [1.165, 1.54) is 0 Å². The summed E-state index contributed by atoms with van der Waals surface area (Å²) < 4.78 is 36.6. The maximum absolute atomic E-state index is 15.7. The van der Waals surface area contributed by atoms with E-state index >= 15 is 7.48 Å². The van der Waals surface area contributed by atoms with Gasteiger partial charge < -0.3 is 0 Å². The molecule has 2 aliphatic heterocycles. The molecule has 3 nitrogen and oxygen atoms in total. The van der Waals surface area contributed by atoms with Crippen LogP contribution >= 0.6 is 0 Å². The fraction of sp³-hybridized carbons (Fsp3) is 0.0909. The van der Waals surface area contributed by atoms with Crippen LogP contribution in [-0.4, -0.2) is 27.0 Å². The first-order chi connectivity index (χ1) is 18.3. The summed E-state index contributed by atoms with van der Waals surface area (Å²) in [6.45, 7) is 6.15. The molecule has 7 rings (SSSR count). The Morgan fingerprint density at radius 2 is 0.868 bits per heavy atom. The molecule has 0 bridgehead atoms. The van der Waals surface area contributed by atoms with Gasteiger partial charge in [-0.05, 0) is 0 Å². The Kier molecular flexibility index (Phi) is 5.18. The molecule has 5 aromatic rings. The molecule has 0 radical (unpaired) electrons. The van der Waals surface area contributed by atoms with E-state index in [1.807, 2.05) is 67.6 Å². The van der Waals surface area contributed by atoms with E-state index in [4.69, 9.17) is 0 Å². The van der Waals surface area contributed by atoms with E-state index in [-0.39, 0.29) is 0 Å². The molecule has 0 spiro atoms. The SMILES string of the molecule is Cc1ccc2c(c1)[As](=O)(c1ccccc1)c1cc(C)cc3c1N2c1ccc(C)cc1[As]3(=O)c1ccccc1. The summed E-state index contributed by atoms with van der Waals surface area (Å²) in [6.07, 6.45) is 0. The third-order valence-corrected chi connectivity index (χ3v) is 20.7. The predicted molar refractivity (Wildman–Crippen MR) is 159 cm³/mol. The molecule has 2 unspecified atom stereocenters. The molecule has 2 heterocycles. The summed E-state index contributed by atoms with van der Waals surface area (Å²) >= 11 is -8.30. The second kappa shape index (κ2) is 8.31. The first-order valence-corrected chi connectivity index (χ1v) is 20.0. The van der Waals surface area contributed by atoms with Crippen LogP contribution in [0.2, 0.25) is 0 Å². The Bertz CT molecular complexity index is 1730. The molecule has 2 aliphatic rings. The second-order valence-corrected chi connectivity index (χ2v) is 21.7. The van der Waals surface area contributed by atoms with Gasteiger partial charge in [0.1, 0.15) is 0 Å². The Morgan fingerprint density at radius 1 is 0.474 bits per heavy atom. The average molecular weight is 619 g/mol. The predicted octanol–water partition coefficient (Wildman–Crippen LogP) is 3.50. The maximum atomic E-state index is 15.7. The summed E-state index contributed by atoms with van der Waals surface area (Å²) in [4.78, 5) is 2.24. The van der Waals surface area contributed by atoms with Gasteiger partial charge in [0, 0.05) is 0 Å². The third kappa shape index (κ3) is 3.10. The van der Waals surface area contributed by atoms with Crippen molar-refractivity contribution in [1.29, 1.82) is 0 Å². The normalized spacial score (nSPS) is 20.9. The zero-order valence-corrected chi connectivity index (χ0v) is 25.3. The number of benzene rings is 5. The van der Waals surface area contributed by atoms with E-state index in [2.05, 4.69) is 67.3 Å². The number of hydrogen-bond acceptors (Lipinski definition) is 3. The van der Waals surface area contributed by atoms with Crippen LogP contribution in [0.4, 0.5) is 17.1 Å². The number of rotatable bonds is 2. The quantitative estimate of drug-likeness (QED) is 0.279. The van der Waals surface area contributed by atoms with Gasteiger partial charge in [-0.3, -0.25) is 0 Å². The summed E-state index contributed by atoms with van der Waals surface area (Å²) in [5, 5.41) is 0. The standard InChI is InChI=1S/C33H27As2NO2/c1-22-14-16-31-27(18-22)34(37,25-10-6-4-7-11-25)29-20-24(3)21-30-33(29)36(31)32-17-15-23(2)19-28(32)35(30,38)26-12-8-5-9-13-26/h4-21H,1-3H3. The molecule has 0 amide bonds. The molecule has 0 saturated heterocycles. The van der Waals surface area contributed by atoms with Gasteiger partial charge >= 0.3 is 229 Å². The van der Waals surface area contributed by atoms with Gasteiger partial charge in [-0.25, -0.2) is 0 Å². The monoisotopic (exact) mass is 619 g/mol. The first kappa shape index (κ1) is 23.7. The van der Waals surface area contributed by atoms with Crippen molar-refractivity contribution in [3.8, 4) is 0 Å². The zero-order valence-electron chi connectivity index (χ0n) is 21.6. The summed E-state index contributed by atoms with van der Waals surface area (Å²) in [5.74, 6) is 0. The third-order valence-electron chi connectivity index (χ3n) is 7.78. The van der Waals surface area contributed by atoms with E-state index in [1.54, 1.807) is 0 Å². The van der Waals surface area contributed by atoms with Crippen molar-refractivity contribution in [2.45, 2.75) is 20.8 Å². The molecule has 0 saturated carbocycles. The summed E-state index contributed by atoms with van der Waals surface area (Å²) in [5.41, 5.74) is 5.87. The van der Waals surface area contributed by atoms with Crippen molar-refractivity contribution >= 4 is 70.1 Å². The molecule has 0 aromatic heterocycles. The summed E-state index contributed by atoms with van der Waals surface area (Å²) in [7, 11) is 0. The molecule has 0 fully saturated rings. The number of nitrogens with zero attached hydrogens (tertiary/aromatic N) is 1. The minimum atomic E-state index is -4.15. The van der Waals surface area contributed by atoms with Gasteiger partial charge in [0.2, 0.25) is 0 Å². The molecule has 5 heteroatoms. The zero-order chi connectivity index (χ0) is 26.2. The van der Waals surface area contributed by atoms with Crippen LogP contribution < -0.4 is 31.0 Å². The number of aryl methyl sites for hydroxylation is 3. The van der Waals surface area contributed by atoms with Crippen molar-refractivity contribution in [2.75, 3.05) is 4.90 Å². The second-order valence-electron chi connectivity index (χ2n) is 10.4. The van der Waals surface area contributed by atoms with Crippen molar-refractivity contribution < 1.29 is 7.48 Å². The van der Waals surface area contributed by atoms with Crippen LogP contribution in [-0.2, 0) is 7.48 Å².